The highest BCUT2D eigenvalue weighted by atomic mass is 16.4. The van der Waals surface area contributed by atoms with Crippen molar-refractivity contribution < 1.29 is 34.2 Å². The average Bonchev–Trinajstić information content (AvgIpc) is 3.17. The third-order valence-corrected chi connectivity index (χ3v) is 5.17. The number of carbonyl (C=O) groups is 5. The summed E-state index contributed by atoms with van der Waals surface area (Å²) in [6, 6.07) is -4.67. The number of likely N-dealkylation sites (tertiary alicyclic amines) is 1. The number of hydrogen-bond acceptors (Lipinski definition) is 7. The Bertz CT molecular complexity index is 671. The number of hydrogen-bond donors (Lipinski definition) is 6. The Balaban J connectivity index is 2.86. The third kappa shape index (κ3) is 6.66. The molecule has 1 fully saturated rings. The van der Waals surface area contributed by atoms with Crippen LogP contribution in [-0.4, -0.2) is 82.0 Å². The van der Waals surface area contributed by atoms with E-state index in [1.165, 1.54) is 4.90 Å². The monoisotopic (exact) mass is 429 g/mol. The van der Waals surface area contributed by atoms with E-state index >= 15 is 0 Å². The van der Waals surface area contributed by atoms with Crippen LogP contribution in [0.2, 0.25) is 0 Å². The molecule has 0 radical (unpaired) electrons. The minimum absolute atomic E-state index is 0.206. The van der Waals surface area contributed by atoms with Gasteiger partial charge in [-0.25, -0.2) is 4.79 Å². The second-order valence-corrected chi connectivity index (χ2v) is 7.42. The van der Waals surface area contributed by atoms with Gasteiger partial charge in [-0.15, -0.1) is 0 Å². The Labute approximate surface area is 174 Å². The number of aliphatic hydroxyl groups is 1. The van der Waals surface area contributed by atoms with Crippen LogP contribution in [0.3, 0.4) is 0 Å². The molecular formula is C18H31N5O7. The second-order valence-electron chi connectivity index (χ2n) is 7.42. The molecule has 0 aromatic rings. The van der Waals surface area contributed by atoms with Crippen LogP contribution in [0.1, 0.15) is 39.5 Å². The first-order chi connectivity index (χ1) is 14.0. The first-order valence-corrected chi connectivity index (χ1v) is 9.82. The summed E-state index contributed by atoms with van der Waals surface area (Å²) in [5, 5.41) is 23.6. The summed E-state index contributed by atoms with van der Waals surface area (Å²) in [6.07, 6.45) is 0.920. The molecule has 1 aliphatic rings. The normalized spacial score (nSPS) is 20.0. The average molecular weight is 429 g/mol. The van der Waals surface area contributed by atoms with Crippen LogP contribution in [0.15, 0.2) is 0 Å². The number of primary amides is 1. The molecule has 12 heteroatoms. The molecule has 0 spiro atoms. The van der Waals surface area contributed by atoms with Crippen LogP contribution in [0.4, 0.5) is 0 Å². The molecule has 30 heavy (non-hydrogen) atoms. The van der Waals surface area contributed by atoms with Gasteiger partial charge in [-0.1, -0.05) is 20.3 Å². The number of nitrogens with one attached hydrogen (secondary N) is 2. The molecule has 0 aromatic carbocycles. The van der Waals surface area contributed by atoms with E-state index in [1.807, 2.05) is 0 Å². The lowest BCUT2D eigenvalue weighted by molar-refractivity contribution is -0.146. The molecule has 5 atom stereocenters. The smallest absolute Gasteiger partial charge is 0.326 e. The zero-order chi connectivity index (χ0) is 23.0. The molecule has 1 saturated heterocycles. The summed E-state index contributed by atoms with van der Waals surface area (Å²) in [6.45, 7) is 2.96. The highest BCUT2D eigenvalue weighted by Crippen LogP contribution is 2.20. The fraction of sp³-hybridized carbons (Fsp3) is 0.722. The predicted molar refractivity (Wildman–Crippen MR) is 105 cm³/mol. The molecule has 4 amide bonds. The van der Waals surface area contributed by atoms with Gasteiger partial charge in [-0.05, 0) is 18.8 Å². The molecule has 5 unspecified atom stereocenters. The number of amides is 4. The van der Waals surface area contributed by atoms with Crippen molar-refractivity contribution in [2.24, 2.45) is 17.4 Å². The Kier molecular flexibility index (Phi) is 9.66. The molecule has 1 heterocycles. The van der Waals surface area contributed by atoms with Gasteiger partial charge in [-0.2, -0.15) is 0 Å². The van der Waals surface area contributed by atoms with Crippen molar-refractivity contribution in [1.82, 2.24) is 15.5 Å². The van der Waals surface area contributed by atoms with E-state index in [0.29, 0.717) is 19.3 Å². The number of carboxylic acid groups (broad SMARTS) is 1. The fourth-order valence-corrected chi connectivity index (χ4v) is 3.21. The van der Waals surface area contributed by atoms with Crippen molar-refractivity contribution in [2.45, 2.75) is 63.7 Å². The fourth-order valence-electron chi connectivity index (χ4n) is 3.21. The largest absolute Gasteiger partial charge is 0.480 e. The quantitative estimate of drug-likeness (QED) is 0.203. The minimum atomic E-state index is -1.37. The number of nitrogens with zero attached hydrogens (tertiary/aromatic N) is 1. The van der Waals surface area contributed by atoms with Crippen LogP contribution in [0.25, 0.3) is 0 Å². The number of carbonyl (C=O) groups excluding carboxylic acids is 4. The zero-order valence-electron chi connectivity index (χ0n) is 17.2. The van der Waals surface area contributed by atoms with E-state index in [2.05, 4.69) is 10.6 Å². The SMILES string of the molecule is CCC(C)C(NC(=O)C1CCCN1C(=O)C(CO)NC(=O)C(N)CC(N)=O)C(=O)O. The van der Waals surface area contributed by atoms with Crippen LogP contribution in [0.5, 0.6) is 0 Å². The first-order valence-electron chi connectivity index (χ1n) is 9.82. The van der Waals surface area contributed by atoms with Gasteiger partial charge in [0.25, 0.3) is 0 Å². The summed E-state index contributed by atoms with van der Waals surface area (Å²) in [5.41, 5.74) is 10.5. The maximum atomic E-state index is 12.8. The van der Waals surface area contributed by atoms with Gasteiger partial charge in [0.05, 0.1) is 19.1 Å². The molecule has 1 aliphatic heterocycles. The Morgan fingerprint density at radius 3 is 2.33 bits per heavy atom. The Morgan fingerprint density at radius 1 is 1.20 bits per heavy atom. The van der Waals surface area contributed by atoms with Crippen LogP contribution < -0.4 is 22.1 Å². The molecule has 170 valence electrons. The Morgan fingerprint density at radius 2 is 1.83 bits per heavy atom. The summed E-state index contributed by atoms with van der Waals surface area (Å²) in [5.74, 6) is -4.43. The van der Waals surface area contributed by atoms with E-state index in [0.717, 1.165) is 0 Å². The van der Waals surface area contributed by atoms with Crippen molar-refractivity contribution in [1.29, 1.82) is 0 Å². The number of rotatable bonds is 11. The third-order valence-electron chi connectivity index (χ3n) is 5.17. The number of aliphatic hydroxyl groups excluding tert-OH is 1. The summed E-state index contributed by atoms with van der Waals surface area (Å²) >= 11 is 0. The molecule has 0 aromatic heterocycles. The molecular weight excluding hydrogens is 398 g/mol. The van der Waals surface area contributed by atoms with E-state index in [1.54, 1.807) is 13.8 Å². The Hall–Kier alpha value is -2.73. The molecule has 8 N–H and O–H groups in total. The topological polar surface area (TPSA) is 205 Å². The molecule has 1 rings (SSSR count). The van der Waals surface area contributed by atoms with E-state index in [9.17, 15) is 34.2 Å². The van der Waals surface area contributed by atoms with Crippen molar-refractivity contribution in [3.63, 3.8) is 0 Å². The summed E-state index contributed by atoms with van der Waals surface area (Å²) in [7, 11) is 0. The van der Waals surface area contributed by atoms with Gasteiger partial charge in [0, 0.05) is 6.54 Å². The predicted octanol–water partition coefficient (Wildman–Crippen LogP) is -2.73. The molecule has 12 nitrogen and oxygen atoms in total. The molecule has 0 aliphatic carbocycles. The van der Waals surface area contributed by atoms with Gasteiger partial charge < -0.3 is 37.2 Å². The van der Waals surface area contributed by atoms with Crippen molar-refractivity contribution in [2.75, 3.05) is 13.2 Å². The lowest BCUT2D eigenvalue weighted by Gasteiger charge is -2.30. The lowest BCUT2D eigenvalue weighted by atomic mass is 9.98. The van der Waals surface area contributed by atoms with Crippen LogP contribution >= 0.6 is 0 Å². The van der Waals surface area contributed by atoms with Crippen molar-refractivity contribution in [3.05, 3.63) is 0 Å². The number of nitrogens with two attached hydrogens (primary N) is 2. The van der Waals surface area contributed by atoms with Crippen molar-refractivity contribution in [3.8, 4) is 0 Å². The zero-order valence-corrected chi connectivity index (χ0v) is 17.2. The highest BCUT2D eigenvalue weighted by Gasteiger charge is 2.39. The number of aliphatic carboxylic acids is 1. The van der Waals surface area contributed by atoms with Gasteiger partial charge in [0.1, 0.15) is 18.1 Å². The number of carboxylic acids is 1. The van der Waals surface area contributed by atoms with Gasteiger partial charge in [0.2, 0.25) is 23.6 Å². The second kappa shape index (κ2) is 11.5. The van der Waals surface area contributed by atoms with Crippen molar-refractivity contribution >= 4 is 29.6 Å². The van der Waals surface area contributed by atoms with E-state index in [-0.39, 0.29) is 12.5 Å². The first kappa shape index (κ1) is 25.3. The molecule has 0 saturated carbocycles. The molecule has 0 bridgehead atoms. The highest BCUT2D eigenvalue weighted by molar-refractivity contribution is 5.95. The van der Waals surface area contributed by atoms with Crippen LogP contribution in [0, 0.1) is 5.92 Å². The van der Waals surface area contributed by atoms with Gasteiger partial charge >= 0.3 is 5.97 Å². The minimum Gasteiger partial charge on any atom is -0.480 e. The van der Waals surface area contributed by atoms with E-state index < -0.39 is 66.8 Å². The summed E-state index contributed by atoms with van der Waals surface area (Å²) in [4.78, 5) is 61.1. The maximum Gasteiger partial charge on any atom is 0.326 e. The summed E-state index contributed by atoms with van der Waals surface area (Å²) < 4.78 is 0. The van der Waals surface area contributed by atoms with Gasteiger partial charge in [0.15, 0.2) is 0 Å². The van der Waals surface area contributed by atoms with Gasteiger partial charge in [-0.3, -0.25) is 19.2 Å². The standard InChI is InChI=1S/C18H31N5O7/c1-3-9(2)14(18(29)30)22-16(27)12-5-4-6-23(12)17(28)11(8-24)21-15(26)10(19)7-13(20)25/h9-12,14,24H,3-8,19H2,1-2H3,(H2,20,25)(H,21,26)(H,22,27)(H,29,30). The van der Waals surface area contributed by atoms with E-state index in [4.69, 9.17) is 11.5 Å². The van der Waals surface area contributed by atoms with Crippen LogP contribution in [-0.2, 0) is 24.0 Å². The maximum absolute atomic E-state index is 12.8. The lowest BCUT2D eigenvalue weighted by Crippen LogP contribution is -2.58.